The van der Waals surface area contributed by atoms with Gasteiger partial charge in [0, 0.05) is 202 Å². The molecule has 714 valence electrons. The van der Waals surface area contributed by atoms with Crippen LogP contribution in [0.2, 0.25) is 0 Å². The van der Waals surface area contributed by atoms with E-state index < -0.39 is 16.2 Å². The van der Waals surface area contributed by atoms with Crippen LogP contribution in [0.5, 0.6) is 0 Å². The summed E-state index contributed by atoms with van der Waals surface area (Å²) in [6.45, 7) is 19.1. The first-order valence-electron chi connectivity index (χ1n) is 49.3. The summed E-state index contributed by atoms with van der Waals surface area (Å²) in [5.41, 5.74) is 27.4. The first kappa shape index (κ1) is 91.2. The summed E-state index contributed by atoms with van der Waals surface area (Å²) in [7, 11) is 5.59. The Morgan fingerprint density at radius 3 is 0.922 bits per heavy atom. The number of anilines is 3. The maximum Gasteiger partial charge on any atom is 0.237 e. The minimum Gasteiger partial charge on any atom is -0.338 e. The molecule has 30 heteroatoms. The normalized spacial score (nSPS) is 21.0. The first-order chi connectivity index (χ1) is 68.5. The molecule has 12 aliphatic rings. The third-order valence-electron chi connectivity index (χ3n) is 30.7. The van der Waals surface area contributed by atoms with Crippen LogP contribution in [0.3, 0.4) is 0 Å². The predicted molar refractivity (Wildman–Crippen MR) is 542 cm³/mol. The van der Waals surface area contributed by atoms with Crippen molar-refractivity contribution in [1.82, 2.24) is 88.6 Å². The highest BCUT2D eigenvalue weighted by atomic mass is 16.2. The van der Waals surface area contributed by atoms with Gasteiger partial charge in [-0.15, -0.1) is 0 Å². The van der Waals surface area contributed by atoms with E-state index in [1.165, 1.54) is 50.1 Å². The van der Waals surface area contributed by atoms with E-state index in [4.69, 9.17) is 15.0 Å². The summed E-state index contributed by atoms with van der Waals surface area (Å²) in [5.74, 6) is 3.08. The number of pyridine rings is 3. The van der Waals surface area contributed by atoms with Gasteiger partial charge in [-0.05, 0) is 221 Å². The smallest absolute Gasteiger partial charge is 0.237 e. The number of aliphatic imine (C=N–C) groups is 3. The number of amides is 6. The second-order valence-corrected chi connectivity index (χ2v) is 39.8. The van der Waals surface area contributed by atoms with Gasteiger partial charge in [0.1, 0.15) is 19.0 Å². The highest BCUT2D eigenvalue weighted by molar-refractivity contribution is 6.18. The number of rotatable bonds is 18. The number of hydrogen-bond donors (Lipinski definition) is 0. The van der Waals surface area contributed by atoms with E-state index in [0.29, 0.717) is 135 Å². The van der Waals surface area contributed by atoms with Crippen LogP contribution in [-0.4, -0.2) is 259 Å². The van der Waals surface area contributed by atoms with Crippen molar-refractivity contribution in [2.24, 2.45) is 52.4 Å². The van der Waals surface area contributed by atoms with Crippen molar-refractivity contribution < 1.29 is 28.8 Å². The fourth-order valence-corrected chi connectivity index (χ4v) is 22.6. The summed E-state index contributed by atoms with van der Waals surface area (Å²) in [4.78, 5) is 141. The third kappa shape index (κ3) is 18.4. The number of nitrogens with zero attached hydrogens (tertiary/aromatic N) is 24. The molecule has 12 aliphatic heterocycles. The average Bonchev–Trinajstić information content (AvgIpc) is 1.60. The van der Waals surface area contributed by atoms with Crippen LogP contribution < -0.4 is 14.7 Å². The fourth-order valence-electron chi connectivity index (χ4n) is 22.6. The summed E-state index contributed by atoms with van der Waals surface area (Å²) in [6.07, 6.45) is 24.4. The molecule has 3 spiro atoms. The van der Waals surface area contributed by atoms with E-state index >= 15 is 0 Å². The lowest BCUT2D eigenvalue weighted by Crippen LogP contribution is -2.43. The second kappa shape index (κ2) is 38.0. The van der Waals surface area contributed by atoms with Gasteiger partial charge >= 0.3 is 0 Å². The van der Waals surface area contributed by atoms with E-state index in [1.807, 2.05) is 108 Å². The second-order valence-electron chi connectivity index (χ2n) is 39.8. The van der Waals surface area contributed by atoms with Crippen LogP contribution in [0.4, 0.5) is 17.1 Å². The van der Waals surface area contributed by atoms with Crippen molar-refractivity contribution in [2.75, 3.05) is 133 Å². The number of benzene rings is 6. The minimum absolute atomic E-state index is 0.132. The SMILES string of the molecule is Cc1cc(C2=NCc3ccc(N4CC[C@@]5(CCN(CC(=O)N6CC=C(c7ccc(-c8ncn(C)n8)cc7)CC6)C5)C4=O)cc32)ccn1.Cc1cc(C2=NCc3ccc(N4CC[C@]5(CCN(CC(=O)N6CC=C(c7ccc(-c8ncn(C)n8)cc7)CC6)C5)C4=O)cc32)ccn1.Cc1ccc(C2=NCc3ccc(N4CCC5(CCN(CC(=O)N6CC=C(c7ccc(-c8ncn(C)n8)cc7)CC6)C5)C4=O)cc32)cn1. The van der Waals surface area contributed by atoms with Crippen molar-refractivity contribution in [3.05, 3.63) is 303 Å². The number of likely N-dealkylation sites (tertiary alicyclic amines) is 3. The predicted octanol–water partition coefficient (Wildman–Crippen LogP) is 12.8. The molecular formula is C111H114N24O6. The Hall–Kier alpha value is -14.9. The lowest BCUT2D eigenvalue weighted by molar-refractivity contribution is -0.133. The molecule has 6 amide bonds. The van der Waals surface area contributed by atoms with Crippen molar-refractivity contribution in [3.63, 3.8) is 0 Å². The van der Waals surface area contributed by atoms with E-state index in [1.54, 1.807) is 33.0 Å². The van der Waals surface area contributed by atoms with Crippen molar-refractivity contribution in [1.29, 1.82) is 0 Å². The van der Waals surface area contributed by atoms with Crippen LogP contribution in [0.25, 0.3) is 50.9 Å². The number of fused-ring (bicyclic) bond motifs is 3. The van der Waals surface area contributed by atoms with E-state index in [0.717, 1.165) is 179 Å². The summed E-state index contributed by atoms with van der Waals surface area (Å²) >= 11 is 0. The highest BCUT2D eigenvalue weighted by Gasteiger charge is 2.55. The Morgan fingerprint density at radius 1 is 0.319 bits per heavy atom. The topological polar surface area (TPSA) is 299 Å². The molecule has 0 N–H and O–H groups in total. The zero-order chi connectivity index (χ0) is 96.4. The molecule has 6 aromatic carbocycles. The first-order valence-corrected chi connectivity index (χ1v) is 49.3. The number of hydrogen-bond acceptors (Lipinski definition) is 21. The molecule has 12 aromatic rings. The standard InChI is InChI=1S/3C37H38N8O2/c2*1-25-19-29(9-14-38-25)34-32-20-31(8-7-30(32)21-39-34)45-18-13-37(36(45)47)12-17-43(23-37)22-33(46)44-15-10-27(11-16-44)26-3-5-28(6-4-26)35-40-24-42(2)41-35;1-25-3-4-30(21-38-25)34-32-19-31(10-9-29(32)20-39-34)45-18-14-37(36(45)47)13-17-43(23-37)22-33(46)44-15-11-27(12-16-44)26-5-7-28(8-6-26)35-40-24-42(2)41-35/h2*3-10,14,19-20,24H,11-13,15-18,21-23H2,1-2H3;3-11,19,21,24H,12-18,20,22-23H2,1-2H3/t2*37-;/m10./s1. The molecule has 0 aliphatic carbocycles. The summed E-state index contributed by atoms with van der Waals surface area (Å²) < 4.78 is 5.10. The Morgan fingerprint density at radius 2 is 0.631 bits per heavy atom. The molecule has 24 rings (SSSR count). The maximum atomic E-state index is 14.0. The molecule has 0 radical (unpaired) electrons. The van der Waals surface area contributed by atoms with Crippen LogP contribution in [0.1, 0.15) is 142 Å². The lowest BCUT2D eigenvalue weighted by atomic mass is 9.85. The Labute approximate surface area is 819 Å². The van der Waals surface area contributed by atoms with Gasteiger partial charge in [0.05, 0.1) is 72.6 Å². The number of aromatic nitrogens is 12. The van der Waals surface area contributed by atoms with E-state index in [9.17, 15) is 28.8 Å². The van der Waals surface area contributed by atoms with Crippen LogP contribution >= 0.6 is 0 Å². The fraction of sp³-hybridized carbons (Fsp3) is 0.351. The molecule has 1 unspecified atom stereocenters. The van der Waals surface area contributed by atoms with Crippen LogP contribution in [0.15, 0.2) is 235 Å². The molecule has 6 saturated heterocycles. The third-order valence-corrected chi connectivity index (χ3v) is 30.7. The molecule has 0 saturated carbocycles. The molecule has 3 atom stereocenters. The van der Waals surface area contributed by atoms with Crippen LogP contribution in [0, 0.1) is 37.0 Å². The zero-order valence-electron chi connectivity index (χ0n) is 80.7. The summed E-state index contributed by atoms with van der Waals surface area (Å²) in [6, 6.07) is 56.1. The molecule has 6 fully saturated rings. The Balaban J connectivity index is 0.000000121. The Kier molecular flexibility index (Phi) is 24.6. The molecule has 141 heavy (non-hydrogen) atoms. The van der Waals surface area contributed by atoms with Gasteiger partial charge in [0.15, 0.2) is 17.5 Å². The van der Waals surface area contributed by atoms with Crippen molar-refractivity contribution in [2.45, 2.75) is 98.2 Å². The van der Waals surface area contributed by atoms with Gasteiger partial charge < -0.3 is 29.4 Å². The van der Waals surface area contributed by atoms with Crippen molar-refractivity contribution >= 4 is 86.4 Å². The van der Waals surface area contributed by atoms with E-state index in [2.05, 4.69) is 224 Å². The summed E-state index contributed by atoms with van der Waals surface area (Å²) in [5, 5.41) is 13.1. The quantitative estimate of drug-likeness (QED) is 0.0770. The molecule has 0 bridgehead atoms. The number of carbonyl (C=O) groups excluding carboxylic acids is 6. The monoisotopic (exact) mass is 1880 g/mol. The molecule has 30 nitrogen and oxygen atoms in total. The van der Waals surface area contributed by atoms with Gasteiger partial charge in [-0.1, -0.05) is 109 Å². The van der Waals surface area contributed by atoms with Gasteiger partial charge in [-0.2, -0.15) is 15.3 Å². The minimum atomic E-state index is -0.428. The maximum absolute atomic E-state index is 14.0. The van der Waals surface area contributed by atoms with Crippen LogP contribution in [-0.2, 0) is 69.5 Å². The number of carbonyl (C=O) groups is 6. The average molecular weight is 1880 g/mol. The van der Waals surface area contributed by atoms with Gasteiger partial charge in [0.25, 0.3) is 0 Å². The zero-order valence-corrected chi connectivity index (χ0v) is 80.7. The molecular weight excluding hydrogens is 1770 g/mol. The van der Waals surface area contributed by atoms with Gasteiger partial charge in [-0.25, -0.2) is 15.0 Å². The number of aryl methyl sites for hydroxylation is 6. The largest absolute Gasteiger partial charge is 0.338 e. The Bertz CT molecular complexity index is 6870. The highest BCUT2D eigenvalue weighted by Crippen LogP contribution is 2.48. The van der Waals surface area contributed by atoms with Gasteiger partial charge in [0.2, 0.25) is 35.4 Å². The molecule has 18 heterocycles. The lowest BCUT2D eigenvalue weighted by Gasteiger charge is -2.29. The van der Waals surface area contributed by atoms with E-state index in [-0.39, 0.29) is 35.4 Å². The van der Waals surface area contributed by atoms with Crippen molar-refractivity contribution in [3.8, 4) is 34.2 Å². The van der Waals surface area contributed by atoms with Gasteiger partial charge in [-0.3, -0.25) is 87.4 Å². The molecule has 6 aromatic heterocycles.